The highest BCUT2D eigenvalue weighted by Gasteiger charge is 2.45. The molecule has 0 radical (unpaired) electrons. The summed E-state index contributed by atoms with van der Waals surface area (Å²) in [4.78, 5) is 19.2. The Bertz CT molecular complexity index is 1080. The van der Waals surface area contributed by atoms with Crippen LogP contribution in [0.2, 0.25) is 5.02 Å². The first-order valence-electron chi connectivity index (χ1n) is 10.7. The SMILES string of the molecule is CC1(C)c2cc(Cl)ccc2C(=O)N1c1cncc(C2(F)CCN(S(=O)C3CC3)CC2)c1. The third-order valence-electron chi connectivity index (χ3n) is 6.71. The van der Waals surface area contributed by atoms with Crippen LogP contribution in [-0.4, -0.2) is 37.7 Å². The van der Waals surface area contributed by atoms with Crippen LogP contribution in [0, 0.1) is 0 Å². The molecular weight excluding hydrogens is 437 g/mol. The highest BCUT2D eigenvalue weighted by Crippen LogP contribution is 2.45. The van der Waals surface area contributed by atoms with E-state index < -0.39 is 22.2 Å². The Labute approximate surface area is 189 Å². The number of halogens is 2. The average Bonchev–Trinajstić information content (AvgIpc) is 3.56. The van der Waals surface area contributed by atoms with E-state index in [1.807, 2.05) is 24.2 Å². The molecule has 5 rings (SSSR count). The quantitative estimate of drug-likeness (QED) is 0.662. The van der Waals surface area contributed by atoms with E-state index in [9.17, 15) is 9.00 Å². The number of carbonyl (C=O) groups is 1. The number of anilines is 1. The molecule has 5 nitrogen and oxygen atoms in total. The zero-order chi connectivity index (χ0) is 22.0. The van der Waals surface area contributed by atoms with Gasteiger partial charge in [-0.05, 0) is 69.4 Å². The Hall–Kier alpha value is -1.83. The minimum Gasteiger partial charge on any atom is -0.297 e. The van der Waals surface area contributed by atoms with Crippen LogP contribution >= 0.6 is 11.6 Å². The van der Waals surface area contributed by atoms with Gasteiger partial charge in [-0.15, -0.1) is 0 Å². The number of rotatable bonds is 4. The van der Waals surface area contributed by atoms with Crippen LogP contribution in [0.5, 0.6) is 0 Å². The molecule has 164 valence electrons. The van der Waals surface area contributed by atoms with E-state index in [1.54, 1.807) is 35.5 Å². The molecule has 1 aromatic carbocycles. The van der Waals surface area contributed by atoms with E-state index in [-0.39, 0.29) is 24.0 Å². The van der Waals surface area contributed by atoms with Crippen molar-refractivity contribution in [3.63, 3.8) is 0 Å². The number of hydrogen-bond acceptors (Lipinski definition) is 3. The van der Waals surface area contributed by atoms with Gasteiger partial charge in [0.2, 0.25) is 0 Å². The van der Waals surface area contributed by atoms with E-state index in [0.717, 1.165) is 18.4 Å². The summed E-state index contributed by atoms with van der Waals surface area (Å²) in [6.45, 7) is 4.83. The predicted molar refractivity (Wildman–Crippen MR) is 120 cm³/mol. The number of carbonyl (C=O) groups excluding carboxylic acids is 1. The second-order valence-corrected chi connectivity index (χ2v) is 11.4. The van der Waals surface area contributed by atoms with Crippen LogP contribution in [0.3, 0.4) is 0 Å². The van der Waals surface area contributed by atoms with Gasteiger partial charge in [0.15, 0.2) is 0 Å². The number of piperidine rings is 1. The Morgan fingerprint density at radius 1 is 1.16 bits per heavy atom. The molecule has 2 fully saturated rings. The summed E-state index contributed by atoms with van der Waals surface area (Å²) in [5, 5.41) is 0.835. The third-order valence-corrected chi connectivity index (χ3v) is 8.86. The van der Waals surface area contributed by atoms with Crippen molar-refractivity contribution in [2.45, 2.75) is 56.0 Å². The number of hydrogen-bond donors (Lipinski definition) is 0. The summed E-state index contributed by atoms with van der Waals surface area (Å²) in [5.41, 5.74) is 0.314. The van der Waals surface area contributed by atoms with Crippen molar-refractivity contribution < 1.29 is 13.4 Å². The van der Waals surface area contributed by atoms with Crippen molar-refractivity contribution in [3.8, 4) is 0 Å². The van der Waals surface area contributed by atoms with Crippen molar-refractivity contribution in [2.24, 2.45) is 0 Å². The van der Waals surface area contributed by atoms with Gasteiger partial charge in [-0.1, -0.05) is 11.6 Å². The molecule has 1 saturated heterocycles. The van der Waals surface area contributed by atoms with Gasteiger partial charge in [-0.2, -0.15) is 0 Å². The molecule has 1 aliphatic carbocycles. The molecule has 1 amide bonds. The van der Waals surface area contributed by atoms with Gasteiger partial charge in [0.1, 0.15) is 5.67 Å². The summed E-state index contributed by atoms with van der Waals surface area (Å²) in [6, 6.07) is 7.01. The van der Waals surface area contributed by atoms with Gasteiger partial charge in [0, 0.05) is 40.7 Å². The fourth-order valence-electron chi connectivity index (χ4n) is 4.73. The van der Waals surface area contributed by atoms with Gasteiger partial charge < -0.3 is 0 Å². The molecule has 2 aliphatic heterocycles. The fourth-order valence-corrected chi connectivity index (χ4v) is 6.40. The van der Waals surface area contributed by atoms with Crippen molar-refractivity contribution in [1.29, 1.82) is 0 Å². The van der Waals surface area contributed by atoms with E-state index in [0.29, 0.717) is 34.9 Å². The fraction of sp³-hybridized carbons (Fsp3) is 0.478. The number of fused-ring (bicyclic) bond motifs is 1. The first-order valence-corrected chi connectivity index (χ1v) is 12.2. The van der Waals surface area contributed by atoms with Crippen LogP contribution in [0.1, 0.15) is 61.0 Å². The van der Waals surface area contributed by atoms with Crippen LogP contribution in [0.25, 0.3) is 0 Å². The minimum atomic E-state index is -1.55. The lowest BCUT2D eigenvalue weighted by atomic mass is 9.87. The lowest BCUT2D eigenvalue weighted by molar-refractivity contribution is 0.0881. The molecule has 0 spiro atoms. The van der Waals surface area contributed by atoms with E-state index in [1.165, 1.54) is 0 Å². The molecule has 1 unspecified atom stereocenters. The Balaban J connectivity index is 1.42. The van der Waals surface area contributed by atoms with Gasteiger partial charge in [-0.25, -0.2) is 12.9 Å². The maximum atomic E-state index is 15.9. The Kier molecular flexibility index (Phi) is 4.99. The van der Waals surface area contributed by atoms with Crippen LogP contribution in [-0.2, 0) is 22.2 Å². The van der Waals surface area contributed by atoms with Gasteiger partial charge in [0.05, 0.1) is 28.4 Å². The van der Waals surface area contributed by atoms with Crippen molar-refractivity contribution >= 4 is 34.2 Å². The minimum absolute atomic E-state index is 0.141. The summed E-state index contributed by atoms with van der Waals surface area (Å²) in [6.07, 6.45) is 5.70. The monoisotopic (exact) mass is 461 g/mol. The smallest absolute Gasteiger partial charge is 0.259 e. The summed E-state index contributed by atoms with van der Waals surface area (Å²) in [7, 11) is -0.995. The molecule has 0 bridgehead atoms. The maximum absolute atomic E-state index is 15.9. The molecule has 8 heteroatoms. The molecule has 0 N–H and O–H groups in total. The van der Waals surface area contributed by atoms with Crippen molar-refractivity contribution in [2.75, 3.05) is 18.0 Å². The molecular formula is C23H25ClFN3O2S. The largest absolute Gasteiger partial charge is 0.297 e. The first-order chi connectivity index (χ1) is 14.7. The molecule has 1 saturated carbocycles. The number of nitrogens with zero attached hydrogens (tertiary/aromatic N) is 3. The summed E-state index contributed by atoms with van der Waals surface area (Å²) >= 11 is 6.18. The molecule has 3 heterocycles. The van der Waals surface area contributed by atoms with Crippen LogP contribution < -0.4 is 4.90 Å². The Morgan fingerprint density at radius 3 is 2.55 bits per heavy atom. The summed E-state index contributed by atoms with van der Waals surface area (Å²) in [5.74, 6) is -0.141. The van der Waals surface area contributed by atoms with E-state index >= 15 is 4.39 Å². The predicted octanol–water partition coefficient (Wildman–Crippen LogP) is 4.72. The summed E-state index contributed by atoms with van der Waals surface area (Å²) < 4.78 is 30.3. The lowest BCUT2D eigenvalue weighted by Gasteiger charge is -2.37. The highest BCUT2D eigenvalue weighted by atomic mass is 35.5. The lowest BCUT2D eigenvalue weighted by Crippen LogP contribution is -2.42. The average molecular weight is 462 g/mol. The molecule has 1 aromatic heterocycles. The molecule has 1 atom stereocenters. The topological polar surface area (TPSA) is 53.5 Å². The van der Waals surface area contributed by atoms with Crippen molar-refractivity contribution in [1.82, 2.24) is 9.29 Å². The van der Waals surface area contributed by atoms with E-state index in [4.69, 9.17) is 11.6 Å². The zero-order valence-electron chi connectivity index (χ0n) is 17.6. The number of pyridine rings is 1. The molecule has 31 heavy (non-hydrogen) atoms. The first kappa shape index (κ1) is 21.0. The van der Waals surface area contributed by atoms with Gasteiger partial charge in [-0.3, -0.25) is 14.7 Å². The van der Waals surface area contributed by atoms with Gasteiger partial charge in [0.25, 0.3) is 5.91 Å². The molecule has 2 aromatic rings. The van der Waals surface area contributed by atoms with E-state index in [2.05, 4.69) is 4.98 Å². The zero-order valence-corrected chi connectivity index (χ0v) is 19.2. The second-order valence-electron chi connectivity index (χ2n) is 9.19. The van der Waals surface area contributed by atoms with Crippen LogP contribution in [0.15, 0.2) is 36.7 Å². The van der Waals surface area contributed by atoms with Crippen LogP contribution in [0.4, 0.5) is 10.1 Å². The van der Waals surface area contributed by atoms with Crippen molar-refractivity contribution in [3.05, 3.63) is 58.4 Å². The number of alkyl halides is 1. The normalized spacial score (nSPS) is 23.6. The number of aromatic nitrogens is 1. The Morgan fingerprint density at radius 2 is 1.87 bits per heavy atom. The maximum Gasteiger partial charge on any atom is 0.259 e. The molecule has 3 aliphatic rings. The third kappa shape index (κ3) is 3.51. The second kappa shape index (κ2) is 7.36. The standard InChI is InChI=1S/C23H25ClFN3O2S/c1-22(2)20-12-16(24)3-6-19(20)21(29)28(22)17-11-15(13-26-14-17)23(25)7-9-27(10-8-23)31(30)18-4-5-18/h3,6,11-14,18H,4-5,7-10H2,1-2H3. The number of benzene rings is 1. The highest BCUT2D eigenvalue weighted by molar-refractivity contribution is 7.83. The number of amides is 1. The van der Waals surface area contributed by atoms with Gasteiger partial charge >= 0.3 is 0 Å².